The van der Waals surface area contributed by atoms with Crippen LogP contribution in [0.15, 0.2) is 12.1 Å². The van der Waals surface area contributed by atoms with Crippen LogP contribution in [0.25, 0.3) is 0 Å². The van der Waals surface area contributed by atoms with Crippen LogP contribution in [0.5, 0.6) is 0 Å². The van der Waals surface area contributed by atoms with Crippen molar-refractivity contribution in [2.24, 2.45) is 0 Å². The third kappa shape index (κ3) is 2.63. The number of carbonyl (C=O) groups excluding carboxylic acids is 2. The number of hydrogen-bond acceptors (Lipinski definition) is 5. The van der Waals surface area contributed by atoms with Gasteiger partial charge in [-0.25, -0.2) is 0 Å². The summed E-state index contributed by atoms with van der Waals surface area (Å²) in [5.41, 5.74) is -1.26. The molecule has 0 saturated carbocycles. The van der Waals surface area contributed by atoms with Crippen LogP contribution in [0.2, 0.25) is 0 Å². The molecule has 6 nitrogen and oxygen atoms in total. The van der Waals surface area contributed by atoms with Gasteiger partial charge in [0.05, 0.1) is 24.0 Å². The molecule has 1 aromatic carbocycles. The molecule has 0 saturated heterocycles. The van der Waals surface area contributed by atoms with Crippen molar-refractivity contribution in [2.45, 2.75) is 6.42 Å². The molecule has 0 aliphatic rings. The summed E-state index contributed by atoms with van der Waals surface area (Å²) in [6, 6.07) is 1.89. The molecule has 0 radical (unpaired) electrons. The number of nitrogens with zero attached hydrogens (tertiary/aromatic N) is 1. The minimum Gasteiger partial charge on any atom is -0.469 e. The van der Waals surface area contributed by atoms with Crippen LogP contribution in [-0.2, 0) is 16.0 Å². The maximum absolute atomic E-state index is 13.3. The molecule has 1 rings (SSSR count). The lowest BCUT2D eigenvalue weighted by Gasteiger charge is -2.05. The van der Waals surface area contributed by atoms with Crippen molar-refractivity contribution in [3.8, 4) is 0 Å². The van der Waals surface area contributed by atoms with Crippen molar-refractivity contribution in [1.29, 1.82) is 0 Å². The summed E-state index contributed by atoms with van der Waals surface area (Å²) < 4.78 is 17.6. The highest BCUT2D eigenvalue weighted by atomic mass is 19.1. The molecular weight excluding hydrogens is 233 g/mol. The fourth-order valence-corrected chi connectivity index (χ4v) is 1.33. The molecule has 0 unspecified atom stereocenters. The summed E-state index contributed by atoms with van der Waals surface area (Å²) in [6.07, 6.45) is -0.205. The first-order valence-corrected chi connectivity index (χ1v) is 4.49. The molecule has 0 N–H and O–H groups in total. The van der Waals surface area contributed by atoms with Gasteiger partial charge in [-0.1, -0.05) is 0 Å². The highest BCUT2D eigenvalue weighted by Gasteiger charge is 2.25. The summed E-state index contributed by atoms with van der Waals surface area (Å²) in [7, 11) is 1.09. The lowest BCUT2D eigenvalue weighted by atomic mass is 10.0. The van der Waals surface area contributed by atoms with Gasteiger partial charge < -0.3 is 4.74 Å². The van der Waals surface area contributed by atoms with E-state index in [0.717, 1.165) is 19.2 Å². The third-order valence-electron chi connectivity index (χ3n) is 2.13. The predicted molar refractivity (Wildman–Crippen MR) is 54.2 cm³/mol. The number of hydrogen-bond donors (Lipinski definition) is 0. The Morgan fingerprint density at radius 2 is 2.24 bits per heavy atom. The van der Waals surface area contributed by atoms with Gasteiger partial charge in [-0.3, -0.25) is 19.7 Å². The molecule has 0 amide bonds. The summed E-state index contributed by atoms with van der Waals surface area (Å²) in [5, 5.41) is 10.7. The Balaban J connectivity index is 3.39. The molecule has 0 spiro atoms. The Kier molecular flexibility index (Phi) is 3.86. The zero-order chi connectivity index (χ0) is 13.0. The van der Waals surface area contributed by atoms with Crippen molar-refractivity contribution in [3.63, 3.8) is 0 Å². The molecule has 0 aromatic heterocycles. The van der Waals surface area contributed by atoms with Crippen LogP contribution in [0.1, 0.15) is 15.9 Å². The Morgan fingerprint density at radius 3 is 2.71 bits per heavy atom. The van der Waals surface area contributed by atoms with Gasteiger partial charge in [0.25, 0.3) is 0 Å². The second-order valence-electron chi connectivity index (χ2n) is 3.09. The van der Waals surface area contributed by atoms with Crippen LogP contribution in [0.3, 0.4) is 0 Å². The minimum atomic E-state index is -1.10. The van der Waals surface area contributed by atoms with E-state index < -0.39 is 28.8 Å². The normalized spacial score (nSPS) is 9.76. The topological polar surface area (TPSA) is 86.5 Å². The van der Waals surface area contributed by atoms with Gasteiger partial charge in [0.2, 0.25) is 5.82 Å². The number of nitro groups is 1. The van der Waals surface area contributed by atoms with Gasteiger partial charge in [0.1, 0.15) is 0 Å². The zero-order valence-corrected chi connectivity index (χ0v) is 8.81. The maximum atomic E-state index is 13.3. The smallest absolute Gasteiger partial charge is 0.310 e. The zero-order valence-electron chi connectivity index (χ0n) is 8.81. The lowest BCUT2D eigenvalue weighted by Crippen LogP contribution is -2.10. The standard InChI is InChI=1S/C10H8FNO5/c1-17-9(14)4-7-6(5-13)2-3-8(11)10(7)12(15)16/h2-3,5H,4H2,1H3. The molecular formula is C10H8FNO5. The van der Waals surface area contributed by atoms with Gasteiger partial charge in [-0.2, -0.15) is 4.39 Å². The molecule has 90 valence electrons. The number of nitro benzene ring substituents is 1. The number of esters is 1. The molecule has 7 heteroatoms. The van der Waals surface area contributed by atoms with Gasteiger partial charge in [0, 0.05) is 5.56 Å². The van der Waals surface area contributed by atoms with Gasteiger partial charge >= 0.3 is 11.7 Å². The first kappa shape index (κ1) is 12.8. The second kappa shape index (κ2) is 5.15. The Morgan fingerprint density at radius 1 is 1.59 bits per heavy atom. The highest BCUT2D eigenvalue weighted by Crippen LogP contribution is 2.26. The van der Waals surface area contributed by atoms with E-state index in [1.165, 1.54) is 0 Å². The van der Waals surface area contributed by atoms with Crippen molar-refractivity contribution in [3.05, 3.63) is 39.2 Å². The van der Waals surface area contributed by atoms with E-state index in [-0.39, 0.29) is 11.1 Å². The number of rotatable bonds is 4. The maximum Gasteiger partial charge on any atom is 0.310 e. The Labute approximate surface area is 95.1 Å². The second-order valence-corrected chi connectivity index (χ2v) is 3.09. The monoisotopic (exact) mass is 241 g/mol. The van der Waals surface area contributed by atoms with Crippen molar-refractivity contribution in [1.82, 2.24) is 0 Å². The van der Waals surface area contributed by atoms with E-state index in [0.29, 0.717) is 6.29 Å². The van der Waals surface area contributed by atoms with Crippen molar-refractivity contribution < 1.29 is 23.6 Å². The molecule has 0 fully saturated rings. The minimum absolute atomic E-state index is 0.108. The molecule has 17 heavy (non-hydrogen) atoms. The third-order valence-corrected chi connectivity index (χ3v) is 2.13. The van der Waals surface area contributed by atoms with Crippen LogP contribution >= 0.6 is 0 Å². The number of methoxy groups -OCH3 is 1. The molecule has 0 bridgehead atoms. The first-order valence-electron chi connectivity index (χ1n) is 4.49. The van der Waals surface area contributed by atoms with E-state index in [1.807, 2.05) is 0 Å². The Hall–Kier alpha value is -2.31. The number of aldehydes is 1. The summed E-state index contributed by atoms with van der Waals surface area (Å²) in [5.74, 6) is -1.89. The number of ether oxygens (including phenoxy) is 1. The van der Waals surface area contributed by atoms with Gasteiger partial charge in [-0.15, -0.1) is 0 Å². The quantitative estimate of drug-likeness (QED) is 0.343. The Bertz CT molecular complexity index is 486. The number of halogens is 1. The average Bonchev–Trinajstić information content (AvgIpc) is 2.28. The van der Waals surface area contributed by atoms with E-state index in [9.17, 15) is 24.1 Å². The fraction of sp³-hybridized carbons (Fsp3) is 0.200. The van der Waals surface area contributed by atoms with Crippen molar-refractivity contribution in [2.75, 3.05) is 7.11 Å². The van der Waals surface area contributed by atoms with Gasteiger partial charge in [-0.05, 0) is 12.1 Å². The first-order chi connectivity index (χ1) is 8.01. The van der Waals surface area contributed by atoms with Crippen LogP contribution in [0, 0.1) is 15.9 Å². The lowest BCUT2D eigenvalue weighted by molar-refractivity contribution is -0.388. The SMILES string of the molecule is COC(=O)Cc1c(C=O)ccc(F)c1[N+](=O)[O-]. The number of carbonyl (C=O) groups is 2. The van der Waals surface area contributed by atoms with Crippen LogP contribution < -0.4 is 0 Å². The molecule has 1 aromatic rings. The van der Waals surface area contributed by atoms with Crippen LogP contribution in [-0.4, -0.2) is 24.3 Å². The molecule has 0 aliphatic carbocycles. The summed E-state index contributed by atoms with van der Waals surface area (Å²) in [6.45, 7) is 0. The van der Waals surface area contributed by atoms with E-state index in [4.69, 9.17) is 0 Å². The van der Waals surface area contributed by atoms with E-state index >= 15 is 0 Å². The molecule has 0 atom stereocenters. The largest absolute Gasteiger partial charge is 0.469 e. The van der Waals surface area contributed by atoms with Gasteiger partial charge in [0.15, 0.2) is 6.29 Å². The van der Waals surface area contributed by atoms with Crippen molar-refractivity contribution >= 4 is 17.9 Å². The molecule has 0 aliphatic heterocycles. The molecule has 0 heterocycles. The summed E-state index contributed by atoms with van der Waals surface area (Å²) >= 11 is 0. The fourth-order valence-electron chi connectivity index (χ4n) is 1.33. The number of benzene rings is 1. The average molecular weight is 241 g/mol. The predicted octanol–water partition coefficient (Wildman–Crippen LogP) is 1.26. The summed E-state index contributed by atoms with van der Waals surface area (Å²) in [4.78, 5) is 31.4. The highest BCUT2D eigenvalue weighted by molar-refractivity contribution is 5.84. The van der Waals surface area contributed by atoms with Crippen LogP contribution in [0.4, 0.5) is 10.1 Å². The van der Waals surface area contributed by atoms with E-state index in [1.54, 1.807) is 0 Å². The van der Waals surface area contributed by atoms with E-state index in [2.05, 4.69) is 4.74 Å².